The molecule has 11 aromatic rings. The SMILES string of the molecule is c1ccc(Oc2ccc(-c3ccc4ccc5ccc(-c6cccc(-c7ccc8ccc9ccc(-c%10ccc(Oc%11ccccc%11)cc%10)nc9c8n7)c6)nc5c4n3)cc2)cc1. The topological polar surface area (TPSA) is 70.0 Å². The fraction of sp³-hybridized carbons (Fsp3) is 0. The maximum Gasteiger partial charge on any atom is 0.127 e. The van der Waals surface area contributed by atoms with Gasteiger partial charge in [0.1, 0.15) is 23.0 Å². The summed E-state index contributed by atoms with van der Waals surface area (Å²) in [5.74, 6) is 3.15. The summed E-state index contributed by atoms with van der Waals surface area (Å²) in [5, 5.41) is 4.13. The smallest absolute Gasteiger partial charge is 0.127 e. The Bertz CT molecular complexity index is 3130. The predicted molar refractivity (Wildman–Crippen MR) is 242 cm³/mol. The van der Waals surface area contributed by atoms with Gasteiger partial charge in [-0.05, 0) is 103 Å². The van der Waals surface area contributed by atoms with Crippen LogP contribution in [0.5, 0.6) is 23.0 Å². The van der Waals surface area contributed by atoms with Gasteiger partial charge in [-0.2, -0.15) is 0 Å². The lowest BCUT2D eigenvalue weighted by Crippen LogP contribution is -1.92. The zero-order chi connectivity index (χ0) is 39.8. The lowest BCUT2D eigenvalue weighted by atomic mass is 10.0. The molecule has 0 amide bonds. The number of rotatable bonds is 8. The molecule has 0 saturated heterocycles. The minimum Gasteiger partial charge on any atom is -0.457 e. The molecule has 4 aromatic heterocycles. The van der Waals surface area contributed by atoms with Crippen molar-refractivity contribution in [3.8, 4) is 68.0 Å². The molecule has 0 unspecified atom stereocenters. The minimum absolute atomic E-state index is 0.774. The maximum absolute atomic E-state index is 6.02. The molecule has 0 aliphatic carbocycles. The molecule has 0 radical (unpaired) electrons. The third-order valence-corrected chi connectivity index (χ3v) is 10.8. The third-order valence-electron chi connectivity index (χ3n) is 10.8. The summed E-state index contributed by atoms with van der Waals surface area (Å²) in [6, 6.07) is 69.3. The molecule has 0 fully saturated rings. The van der Waals surface area contributed by atoms with Gasteiger partial charge in [0.15, 0.2) is 0 Å². The second-order valence-electron chi connectivity index (χ2n) is 14.7. The van der Waals surface area contributed by atoms with Crippen molar-refractivity contribution in [2.24, 2.45) is 0 Å². The molecule has 0 aliphatic rings. The number of fused-ring (bicyclic) bond motifs is 6. The summed E-state index contributed by atoms with van der Waals surface area (Å²) in [5.41, 5.74) is 10.9. The van der Waals surface area contributed by atoms with Gasteiger partial charge < -0.3 is 9.47 Å². The summed E-state index contributed by atoms with van der Waals surface area (Å²) in [7, 11) is 0. The Morgan fingerprint density at radius 2 is 0.533 bits per heavy atom. The molecule has 6 heteroatoms. The van der Waals surface area contributed by atoms with Crippen molar-refractivity contribution in [2.45, 2.75) is 0 Å². The lowest BCUT2D eigenvalue weighted by Gasteiger charge is -2.11. The number of pyridine rings is 4. The van der Waals surface area contributed by atoms with Gasteiger partial charge in [0.25, 0.3) is 0 Å². The molecule has 0 saturated carbocycles. The Morgan fingerprint density at radius 3 is 0.883 bits per heavy atom. The molecule has 0 atom stereocenters. The van der Waals surface area contributed by atoms with Crippen LogP contribution in [0.3, 0.4) is 0 Å². The van der Waals surface area contributed by atoms with E-state index in [0.717, 1.165) is 112 Å². The monoisotopic (exact) mass is 770 g/mol. The molecule has 0 aliphatic heterocycles. The van der Waals surface area contributed by atoms with E-state index in [-0.39, 0.29) is 0 Å². The predicted octanol–water partition coefficient (Wildman–Crippen LogP) is 14.1. The van der Waals surface area contributed by atoms with Gasteiger partial charge in [-0.1, -0.05) is 103 Å². The Labute approximate surface area is 346 Å². The Morgan fingerprint density at radius 1 is 0.233 bits per heavy atom. The fourth-order valence-corrected chi connectivity index (χ4v) is 7.65. The third kappa shape index (κ3) is 6.82. The molecule has 11 rings (SSSR count). The van der Waals surface area contributed by atoms with E-state index in [2.05, 4.69) is 97.1 Å². The van der Waals surface area contributed by atoms with Crippen LogP contribution in [0, 0.1) is 0 Å². The van der Waals surface area contributed by atoms with E-state index in [4.69, 9.17) is 29.4 Å². The van der Waals surface area contributed by atoms with Crippen molar-refractivity contribution in [1.29, 1.82) is 0 Å². The number of hydrogen-bond acceptors (Lipinski definition) is 6. The summed E-state index contributed by atoms with van der Waals surface area (Å²) in [6.45, 7) is 0. The largest absolute Gasteiger partial charge is 0.457 e. The number of para-hydroxylation sites is 2. The van der Waals surface area contributed by atoms with E-state index >= 15 is 0 Å². The van der Waals surface area contributed by atoms with Gasteiger partial charge in [0.2, 0.25) is 0 Å². The average molecular weight is 771 g/mol. The molecule has 7 aromatic carbocycles. The fourth-order valence-electron chi connectivity index (χ4n) is 7.65. The molecule has 0 N–H and O–H groups in total. The minimum atomic E-state index is 0.774. The molecule has 0 bridgehead atoms. The Kier molecular flexibility index (Phi) is 8.71. The molecule has 60 heavy (non-hydrogen) atoms. The van der Waals surface area contributed by atoms with Gasteiger partial charge in [-0.15, -0.1) is 0 Å². The first-order chi connectivity index (χ1) is 29.7. The molecule has 4 heterocycles. The Balaban J connectivity index is 0.908. The van der Waals surface area contributed by atoms with Gasteiger partial charge >= 0.3 is 0 Å². The van der Waals surface area contributed by atoms with Crippen molar-refractivity contribution >= 4 is 43.6 Å². The average Bonchev–Trinajstić information content (AvgIpc) is 3.32. The summed E-state index contributed by atoms with van der Waals surface area (Å²) in [6.07, 6.45) is 0. The van der Waals surface area contributed by atoms with Crippen molar-refractivity contribution in [1.82, 2.24) is 19.9 Å². The first kappa shape index (κ1) is 35.0. The van der Waals surface area contributed by atoms with Gasteiger partial charge in [-0.25, -0.2) is 19.9 Å². The highest BCUT2D eigenvalue weighted by atomic mass is 16.5. The van der Waals surface area contributed by atoms with Crippen molar-refractivity contribution < 1.29 is 9.47 Å². The number of aromatic nitrogens is 4. The molecule has 6 nitrogen and oxygen atoms in total. The first-order valence-electron chi connectivity index (χ1n) is 19.9. The number of ether oxygens (including phenoxy) is 2. The van der Waals surface area contributed by atoms with Gasteiger partial charge in [-0.3, -0.25) is 0 Å². The van der Waals surface area contributed by atoms with Crippen LogP contribution in [0.15, 0.2) is 206 Å². The number of nitrogens with zero attached hydrogens (tertiary/aromatic N) is 4. The van der Waals surface area contributed by atoms with Crippen LogP contribution in [0.1, 0.15) is 0 Å². The molecular formula is C54H34N4O2. The molecular weight excluding hydrogens is 737 g/mol. The second kappa shape index (κ2) is 14.9. The first-order valence-corrected chi connectivity index (χ1v) is 19.9. The zero-order valence-corrected chi connectivity index (χ0v) is 32.2. The van der Waals surface area contributed by atoms with Crippen molar-refractivity contribution in [3.63, 3.8) is 0 Å². The van der Waals surface area contributed by atoms with Crippen molar-refractivity contribution in [3.05, 3.63) is 206 Å². The van der Waals surface area contributed by atoms with E-state index in [1.807, 2.05) is 109 Å². The van der Waals surface area contributed by atoms with Crippen LogP contribution in [0.25, 0.3) is 88.6 Å². The van der Waals surface area contributed by atoms with Crippen LogP contribution in [-0.4, -0.2) is 19.9 Å². The van der Waals surface area contributed by atoms with Gasteiger partial charge in [0, 0.05) is 43.8 Å². The van der Waals surface area contributed by atoms with E-state index in [0.29, 0.717) is 0 Å². The van der Waals surface area contributed by atoms with E-state index < -0.39 is 0 Å². The second-order valence-corrected chi connectivity index (χ2v) is 14.7. The van der Waals surface area contributed by atoms with E-state index in [1.54, 1.807) is 0 Å². The highest BCUT2D eigenvalue weighted by Crippen LogP contribution is 2.34. The normalized spacial score (nSPS) is 11.3. The van der Waals surface area contributed by atoms with Crippen LogP contribution in [-0.2, 0) is 0 Å². The van der Waals surface area contributed by atoms with E-state index in [1.165, 1.54) is 0 Å². The lowest BCUT2D eigenvalue weighted by molar-refractivity contribution is 0.482. The highest BCUT2D eigenvalue weighted by molar-refractivity contribution is 6.05. The molecule has 282 valence electrons. The quantitative estimate of drug-likeness (QED) is 0.143. The molecule has 0 spiro atoms. The maximum atomic E-state index is 6.02. The number of hydrogen-bond donors (Lipinski definition) is 0. The Hall–Kier alpha value is -8.22. The van der Waals surface area contributed by atoms with Gasteiger partial charge in [0.05, 0.1) is 44.8 Å². The summed E-state index contributed by atoms with van der Waals surface area (Å²) in [4.78, 5) is 20.8. The van der Waals surface area contributed by atoms with Crippen LogP contribution >= 0.6 is 0 Å². The highest BCUT2D eigenvalue weighted by Gasteiger charge is 2.13. The zero-order valence-electron chi connectivity index (χ0n) is 32.2. The summed E-state index contributed by atoms with van der Waals surface area (Å²) >= 11 is 0. The van der Waals surface area contributed by atoms with Crippen LogP contribution in [0.4, 0.5) is 0 Å². The van der Waals surface area contributed by atoms with Crippen molar-refractivity contribution in [2.75, 3.05) is 0 Å². The van der Waals surface area contributed by atoms with Crippen LogP contribution in [0.2, 0.25) is 0 Å². The van der Waals surface area contributed by atoms with Crippen LogP contribution < -0.4 is 9.47 Å². The standard InChI is InChI=1S/C54H34N4O2/c1-3-10-43(11-4-1)59-45-26-18-35(19-27-45)47-30-22-37-14-16-39-24-32-49(57-53(39)51(37)55-47)41-8-7-9-42(34-41)50-33-25-40-17-15-38-23-31-48(56-52(38)54(40)58-50)36-20-28-46(29-21-36)60-44-12-5-2-6-13-44/h1-34H. The van der Waals surface area contributed by atoms with E-state index in [9.17, 15) is 0 Å². The summed E-state index contributed by atoms with van der Waals surface area (Å²) < 4.78 is 12.0. The number of benzene rings is 7.